The Morgan fingerprint density at radius 1 is 0.500 bits per heavy atom. The minimum Gasteiger partial charge on any atom is -0.289 e. The molecule has 1 nitrogen and oxygen atoms in total. The van der Waals surface area contributed by atoms with E-state index in [0.29, 0.717) is 0 Å². The molecule has 0 N–H and O–H groups in total. The van der Waals surface area contributed by atoms with Gasteiger partial charge in [-0.3, -0.25) is 4.79 Å². The molecule has 2 aromatic rings. The van der Waals surface area contributed by atoms with Crippen molar-refractivity contribution < 1.29 is 4.79 Å². The third-order valence-electron chi connectivity index (χ3n) is 5.03. The molecule has 154 valence electrons. The molecule has 0 aliphatic rings. The largest absolute Gasteiger partial charge is 0.289 e. The van der Waals surface area contributed by atoms with Crippen LogP contribution in [0.3, 0.4) is 0 Å². The van der Waals surface area contributed by atoms with Gasteiger partial charge in [0.05, 0.1) is 0 Å². The van der Waals surface area contributed by atoms with Crippen molar-refractivity contribution in [3.8, 4) is 0 Å². The van der Waals surface area contributed by atoms with Crippen LogP contribution >= 0.6 is 0 Å². The highest BCUT2D eigenvalue weighted by atomic mass is 16.1. The van der Waals surface area contributed by atoms with Gasteiger partial charge in [-0.2, -0.15) is 0 Å². The molecule has 0 aliphatic heterocycles. The Kier molecular flexibility index (Phi) is 14.9. The maximum atomic E-state index is 11.8. The van der Waals surface area contributed by atoms with E-state index in [2.05, 4.69) is 13.8 Å². The van der Waals surface area contributed by atoms with Crippen LogP contribution in [-0.2, 0) is 0 Å². The summed E-state index contributed by atoms with van der Waals surface area (Å²) in [7, 11) is 0. The molecule has 0 heterocycles. The topological polar surface area (TPSA) is 17.1 Å². The third kappa shape index (κ3) is 11.7. The second-order valence-corrected chi connectivity index (χ2v) is 7.60. The summed E-state index contributed by atoms with van der Waals surface area (Å²) in [6.45, 7) is 4.57. The molecule has 0 fully saturated rings. The predicted octanol–water partition coefficient (Wildman–Crippen LogP) is 8.63. The summed E-state index contributed by atoms with van der Waals surface area (Å²) >= 11 is 0. The molecule has 2 aromatic carbocycles. The summed E-state index contributed by atoms with van der Waals surface area (Å²) in [6.07, 6.45) is 17.4. The Hall–Kier alpha value is -1.89. The van der Waals surface area contributed by atoms with Gasteiger partial charge in [-0.25, -0.2) is 0 Å². The first-order valence-electron chi connectivity index (χ1n) is 11.4. The average Bonchev–Trinajstić information content (AvgIpc) is 2.76. The van der Waals surface area contributed by atoms with Crippen LogP contribution < -0.4 is 0 Å². The van der Waals surface area contributed by atoms with E-state index in [1.54, 1.807) is 0 Å². The Bertz CT molecular complexity index is 535. The van der Waals surface area contributed by atoms with Crippen LogP contribution in [0.25, 0.3) is 0 Å². The Balaban J connectivity index is 0.000000280. The van der Waals surface area contributed by atoms with Gasteiger partial charge in [-0.1, -0.05) is 152 Å². The molecule has 0 bridgehead atoms. The summed E-state index contributed by atoms with van der Waals surface area (Å²) in [4.78, 5) is 11.8. The summed E-state index contributed by atoms with van der Waals surface area (Å²) in [6, 6.07) is 18.6. The lowest BCUT2D eigenvalue weighted by molar-refractivity contribution is 0.103. The van der Waals surface area contributed by atoms with Crippen molar-refractivity contribution >= 4 is 5.78 Å². The van der Waals surface area contributed by atoms with Crippen LogP contribution in [0.5, 0.6) is 0 Å². The van der Waals surface area contributed by atoms with Gasteiger partial charge in [-0.15, -0.1) is 0 Å². The van der Waals surface area contributed by atoms with Gasteiger partial charge in [0, 0.05) is 11.1 Å². The molecule has 0 amide bonds. The van der Waals surface area contributed by atoms with E-state index in [9.17, 15) is 4.79 Å². The van der Waals surface area contributed by atoms with Crippen LogP contribution in [-0.4, -0.2) is 5.78 Å². The van der Waals surface area contributed by atoms with Crippen molar-refractivity contribution in [1.82, 2.24) is 0 Å². The zero-order chi connectivity index (χ0) is 20.3. The fourth-order valence-corrected chi connectivity index (χ4v) is 3.26. The summed E-state index contributed by atoms with van der Waals surface area (Å²) in [5.41, 5.74) is 1.47. The molecule has 0 aromatic heterocycles. The highest BCUT2D eigenvalue weighted by molar-refractivity contribution is 6.08. The molecule has 1 heteroatoms. The molecule has 0 saturated carbocycles. The van der Waals surface area contributed by atoms with E-state index in [4.69, 9.17) is 0 Å². The zero-order valence-corrected chi connectivity index (χ0v) is 18.2. The lowest BCUT2D eigenvalue weighted by atomic mass is 10.0. The molecule has 28 heavy (non-hydrogen) atoms. The molecule has 0 spiro atoms. The molecule has 0 atom stereocenters. The monoisotopic (exact) mass is 380 g/mol. The van der Waals surface area contributed by atoms with Crippen LogP contribution in [0, 0.1) is 0 Å². The van der Waals surface area contributed by atoms with Gasteiger partial charge >= 0.3 is 0 Å². The fourth-order valence-electron chi connectivity index (χ4n) is 3.26. The van der Waals surface area contributed by atoms with Gasteiger partial charge in [0.25, 0.3) is 0 Å². The first-order chi connectivity index (χ1) is 13.8. The highest BCUT2D eigenvalue weighted by Gasteiger charge is 2.06. The maximum absolute atomic E-state index is 11.8. The van der Waals surface area contributed by atoms with E-state index in [-0.39, 0.29) is 5.78 Å². The lowest BCUT2D eigenvalue weighted by Crippen LogP contribution is -1.99. The van der Waals surface area contributed by atoms with Gasteiger partial charge in [-0.05, 0) is 0 Å². The maximum Gasteiger partial charge on any atom is 0.193 e. The van der Waals surface area contributed by atoms with E-state index in [1.807, 2.05) is 60.7 Å². The fraction of sp³-hybridized carbons (Fsp3) is 0.519. The molecule has 0 radical (unpaired) electrons. The van der Waals surface area contributed by atoms with Gasteiger partial charge in [0.2, 0.25) is 0 Å². The second kappa shape index (κ2) is 17.2. The van der Waals surface area contributed by atoms with E-state index in [0.717, 1.165) is 11.1 Å². The number of ketones is 1. The SMILES string of the molecule is CCCCCCCCCCCCCC.O=C(c1ccccc1)c1ccccc1. The third-order valence-corrected chi connectivity index (χ3v) is 5.03. The quantitative estimate of drug-likeness (QED) is 0.251. The van der Waals surface area contributed by atoms with Crippen molar-refractivity contribution in [2.24, 2.45) is 0 Å². The molecular weight excluding hydrogens is 340 g/mol. The first kappa shape index (κ1) is 24.1. The number of carbonyl (C=O) groups is 1. The Morgan fingerprint density at radius 2 is 0.786 bits per heavy atom. The van der Waals surface area contributed by atoms with Gasteiger partial charge < -0.3 is 0 Å². The van der Waals surface area contributed by atoms with Gasteiger partial charge in [0.15, 0.2) is 5.78 Å². The average molecular weight is 381 g/mol. The molecule has 0 unspecified atom stereocenters. The standard InChI is InChI=1S/C14H30.C13H10O/c1-3-5-7-9-11-13-14-12-10-8-6-4-2;14-13(11-7-3-1-4-8-11)12-9-5-2-6-10-12/h3-14H2,1-2H3;1-10H. The van der Waals surface area contributed by atoms with Crippen LogP contribution in [0.4, 0.5) is 0 Å². The Labute approximate surface area is 173 Å². The second-order valence-electron chi connectivity index (χ2n) is 7.60. The number of carbonyl (C=O) groups excluding carboxylic acids is 1. The molecule has 2 rings (SSSR count). The Morgan fingerprint density at radius 3 is 1.07 bits per heavy atom. The minimum atomic E-state index is 0.0752. The molecular formula is C27H40O. The zero-order valence-electron chi connectivity index (χ0n) is 18.2. The van der Waals surface area contributed by atoms with E-state index >= 15 is 0 Å². The number of benzene rings is 2. The molecule has 0 aliphatic carbocycles. The lowest BCUT2D eigenvalue weighted by Gasteiger charge is -2.01. The van der Waals surface area contributed by atoms with Crippen LogP contribution in [0.2, 0.25) is 0 Å². The van der Waals surface area contributed by atoms with Crippen molar-refractivity contribution in [3.05, 3.63) is 71.8 Å². The highest BCUT2D eigenvalue weighted by Crippen LogP contribution is 2.11. The number of unbranched alkanes of at least 4 members (excludes halogenated alkanes) is 11. The number of hydrogen-bond donors (Lipinski definition) is 0. The van der Waals surface area contributed by atoms with E-state index < -0.39 is 0 Å². The summed E-state index contributed by atoms with van der Waals surface area (Å²) in [5, 5.41) is 0. The number of hydrogen-bond acceptors (Lipinski definition) is 1. The first-order valence-corrected chi connectivity index (χ1v) is 11.4. The van der Waals surface area contributed by atoms with Crippen LogP contribution in [0.15, 0.2) is 60.7 Å². The van der Waals surface area contributed by atoms with Crippen molar-refractivity contribution in [2.45, 2.75) is 90.9 Å². The summed E-state index contributed by atoms with van der Waals surface area (Å²) < 4.78 is 0. The minimum absolute atomic E-state index is 0.0752. The van der Waals surface area contributed by atoms with E-state index in [1.165, 1.54) is 77.0 Å². The smallest absolute Gasteiger partial charge is 0.193 e. The van der Waals surface area contributed by atoms with Crippen molar-refractivity contribution in [3.63, 3.8) is 0 Å². The van der Waals surface area contributed by atoms with Gasteiger partial charge in [0.1, 0.15) is 0 Å². The molecule has 0 saturated heterocycles. The van der Waals surface area contributed by atoms with Crippen molar-refractivity contribution in [1.29, 1.82) is 0 Å². The normalized spacial score (nSPS) is 10.2. The predicted molar refractivity (Wildman–Crippen MR) is 123 cm³/mol. The number of rotatable bonds is 13. The van der Waals surface area contributed by atoms with Crippen molar-refractivity contribution in [2.75, 3.05) is 0 Å². The summed E-state index contributed by atoms with van der Waals surface area (Å²) in [5.74, 6) is 0.0752. The van der Waals surface area contributed by atoms with Crippen LogP contribution in [0.1, 0.15) is 107 Å².